The zero-order valence-corrected chi connectivity index (χ0v) is 12.7. The molecule has 0 saturated heterocycles. The molecule has 0 heterocycles. The summed E-state index contributed by atoms with van der Waals surface area (Å²) in [6, 6.07) is 0. The second-order valence-corrected chi connectivity index (χ2v) is 5.22. The van der Waals surface area contributed by atoms with Crippen LogP contribution in [0.2, 0.25) is 0 Å². The lowest BCUT2D eigenvalue weighted by atomic mass is 9.95. The van der Waals surface area contributed by atoms with Crippen LogP contribution in [-0.4, -0.2) is 16.7 Å². The van der Waals surface area contributed by atoms with E-state index in [9.17, 15) is 14.7 Å². The molecule has 0 aromatic carbocycles. The van der Waals surface area contributed by atoms with Gasteiger partial charge < -0.3 is 5.11 Å². The SMILES string of the molecule is CCC(C)C(O)=C(C(C)=O)C(=O)CCCC=C(C)C. The van der Waals surface area contributed by atoms with Crippen LogP contribution in [0, 0.1) is 5.92 Å². The number of hydrogen-bond acceptors (Lipinski definition) is 3. The molecule has 3 nitrogen and oxygen atoms in total. The van der Waals surface area contributed by atoms with Crippen LogP contribution in [0.1, 0.15) is 60.3 Å². The van der Waals surface area contributed by atoms with Gasteiger partial charge in [-0.1, -0.05) is 25.5 Å². The quantitative estimate of drug-likeness (QED) is 0.179. The highest BCUT2D eigenvalue weighted by Gasteiger charge is 2.21. The van der Waals surface area contributed by atoms with Crippen molar-refractivity contribution in [1.82, 2.24) is 0 Å². The Morgan fingerprint density at radius 3 is 2.21 bits per heavy atom. The van der Waals surface area contributed by atoms with Gasteiger partial charge in [-0.3, -0.25) is 9.59 Å². The molecular formula is C16H26O3. The Morgan fingerprint density at radius 2 is 1.79 bits per heavy atom. The normalized spacial score (nSPS) is 13.5. The number of hydrogen-bond donors (Lipinski definition) is 1. The molecule has 0 rings (SSSR count). The van der Waals surface area contributed by atoms with E-state index in [1.807, 2.05) is 27.7 Å². The van der Waals surface area contributed by atoms with Gasteiger partial charge in [0.25, 0.3) is 0 Å². The van der Waals surface area contributed by atoms with Crippen LogP contribution in [0.4, 0.5) is 0 Å². The molecule has 0 radical (unpaired) electrons. The fourth-order valence-corrected chi connectivity index (χ4v) is 1.74. The van der Waals surface area contributed by atoms with Crippen molar-refractivity contribution in [3.63, 3.8) is 0 Å². The van der Waals surface area contributed by atoms with E-state index in [1.165, 1.54) is 12.5 Å². The molecule has 3 heteroatoms. The molecule has 0 bridgehead atoms. The Balaban J connectivity index is 4.78. The average molecular weight is 266 g/mol. The van der Waals surface area contributed by atoms with Crippen molar-refractivity contribution in [2.24, 2.45) is 5.92 Å². The standard InChI is InChI=1S/C16H26O3/c1-6-12(4)16(19)15(13(5)17)14(18)10-8-7-9-11(2)3/h9,12,19H,6-8,10H2,1-5H3. The largest absolute Gasteiger partial charge is 0.511 e. The van der Waals surface area contributed by atoms with Crippen LogP contribution in [0.25, 0.3) is 0 Å². The van der Waals surface area contributed by atoms with E-state index >= 15 is 0 Å². The summed E-state index contributed by atoms with van der Waals surface area (Å²) in [5, 5.41) is 9.99. The first-order valence-corrected chi connectivity index (χ1v) is 6.91. The van der Waals surface area contributed by atoms with E-state index < -0.39 is 0 Å². The number of Topliss-reactive ketones (excluding diaryl/α,β-unsaturated/α-hetero) is 2. The van der Waals surface area contributed by atoms with Crippen LogP contribution >= 0.6 is 0 Å². The Morgan fingerprint density at radius 1 is 1.21 bits per heavy atom. The molecule has 108 valence electrons. The van der Waals surface area contributed by atoms with Gasteiger partial charge in [-0.25, -0.2) is 0 Å². The second kappa shape index (κ2) is 8.68. The summed E-state index contributed by atoms with van der Waals surface area (Å²) in [5.74, 6) is -0.791. The van der Waals surface area contributed by atoms with Gasteiger partial charge in [-0.2, -0.15) is 0 Å². The topological polar surface area (TPSA) is 54.4 Å². The van der Waals surface area contributed by atoms with Crippen molar-refractivity contribution in [2.75, 3.05) is 0 Å². The molecular weight excluding hydrogens is 240 g/mol. The highest BCUT2D eigenvalue weighted by molar-refractivity contribution is 6.19. The number of rotatable bonds is 8. The third-order valence-electron chi connectivity index (χ3n) is 3.13. The summed E-state index contributed by atoms with van der Waals surface area (Å²) in [7, 11) is 0. The van der Waals surface area contributed by atoms with Gasteiger partial charge in [-0.05, 0) is 40.0 Å². The Kier molecular flexibility index (Phi) is 8.05. The summed E-state index contributed by atoms with van der Waals surface area (Å²) < 4.78 is 0. The maximum Gasteiger partial charge on any atom is 0.169 e. The molecule has 0 aromatic heterocycles. The minimum atomic E-state index is -0.343. The second-order valence-electron chi connectivity index (χ2n) is 5.22. The Bertz CT molecular complexity index is 385. The predicted molar refractivity (Wildman–Crippen MR) is 78.1 cm³/mol. The van der Waals surface area contributed by atoms with Crippen molar-refractivity contribution in [3.8, 4) is 0 Å². The van der Waals surface area contributed by atoms with Gasteiger partial charge in [0.15, 0.2) is 11.6 Å². The third kappa shape index (κ3) is 6.37. The molecule has 0 saturated carbocycles. The Hall–Kier alpha value is -1.38. The molecule has 1 unspecified atom stereocenters. The maximum atomic E-state index is 12.0. The number of aliphatic hydroxyl groups is 1. The van der Waals surface area contributed by atoms with Crippen LogP contribution in [-0.2, 0) is 9.59 Å². The van der Waals surface area contributed by atoms with Crippen molar-refractivity contribution < 1.29 is 14.7 Å². The van der Waals surface area contributed by atoms with Gasteiger partial charge in [0.1, 0.15) is 5.76 Å². The van der Waals surface area contributed by atoms with E-state index in [4.69, 9.17) is 0 Å². The fraction of sp³-hybridized carbons (Fsp3) is 0.625. The van der Waals surface area contributed by atoms with Crippen LogP contribution in [0.3, 0.4) is 0 Å². The molecule has 0 fully saturated rings. The fourth-order valence-electron chi connectivity index (χ4n) is 1.74. The first kappa shape index (κ1) is 17.6. The molecule has 0 amide bonds. The smallest absolute Gasteiger partial charge is 0.169 e. The third-order valence-corrected chi connectivity index (χ3v) is 3.13. The maximum absolute atomic E-state index is 12.0. The highest BCUT2D eigenvalue weighted by atomic mass is 16.3. The molecule has 0 aliphatic carbocycles. The highest BCUT2D eigenvalue weighted by Crippen LogP contribution is 2.19. The first-order valence-electron chi connectivity index (χ1n) is 6.91. The van der Waals surface area contributed by atoms with E-state index in [0.717, 1.165) is 6.42 Å². The predicted octanol–water partition coefficient (Wildman–Crippen LogP) is 4.14. The average Bonchev–Trinajstić information content (AvgIpc) is 2.32. The van der Waals surface area contributed by atoms with Crippen molar-refractivity contribution in [1.29, 1.82) is 0 Å². The molecule has 0 aliphatic heterocycles. The van der Waals surface area contributed by atoms with Crippen molar-refractivity contribution >= 4 is 11.6 Å². The lowest BCUT2D eigenvalue weighted by Crippen LogP contribution is -2.16. The lowest BCUT2D eigenvalue weighted by molar-refractivity contribution is -0.120. The molecule has 0 aromatic rings. The molecule has 0 spiro atoms. The minimum absolute atomic E-state index is 0.00782. The van der Waals surface area contributed by atoms with Crippen molar-refractivity contribution in [3.05, 3.63) is 23.0 Å². The van der Waals surface area contributed by atoms with E-state index in [1.54, 1.807) is 0 Å². The van der Waals surface area contributed by atoms with Gasteiger partial charge in [0.2, 0.25) is 0 Å². The van der Waals surface area contributed by atoms with Crippen molar-refractivity contribution in [2.45, 2.75) is 60.3 Å². The number of ketones is 2. The van der Waals surface area contributed by atoms with Gasteiger partial charge in [-0.15, -0.1) is 0 Å². The number of allylic oxidation sites excluding steroid dienone is 4. The summed E-state index contributed by atoms with van der Waals surface area (Å²) in [6.45, 7) is 9.09. The van der Waals surface area contributed by atoms with Gasteiger partial charge >= 0.3 is 0 Å². The van der Waals surface area contributed by atoms with E-state index in [0.29, 0.717) is 19.3 Å². The van der Waals surface area contributed by atoms with Crippen LogP contribution < -0.4 is 0 Å². The minimum Gasteiger partial charge on any atom is -0.511 e. The number of carbonyl (C=O) groups excluding carboxylic acids is 2. The summed E-state index contributed by atoms with van der Waals surface area (Å²) in [5.41, 5.74) is 1.21. The zero-order chi connectivity index (χ0) is 15.0. The molecule has 1 atom stereocenters. The van der Waals surface area contributed by atoms with Crippen LogP contribution in [0.5, 0.6) is 0 Å². The monoisotopic (exact) mass is 266 g/mol. The summed E-state index contributed by atoms with van der Waals surface area (Å²) in [4.78, 5) is 23.6. The van der Waals surface area contributed by atoms with E-state index in [-0.39, 0.29) is 28.8 Å². The van der Waals surface area contributed by atoms with Crippen LogP contribution in [0.15, 0.2) is 23.0 Å². The van der Waals surface area contributed by atoms with Gasteiger partial charge in [0.05, 0.1) is 5.57 Å². The molecule has 19 heavy (non-hydrogen) atoms. The summed E-state index contributed by atoms with van der Waals surface area (Å²) >= 11 is 0. The number of carbonyl (C=O) groups is 2. The lowest BCUT2D eigenvalue weighted by Gasteiger charge is -2.12. The Labute approximate surface area is 116 Å². The molecule has 1 N–H and O–H groups in total. The number of unbranched alkanes of at least 4 members (excludes halogenated alkanes) is 1. The number of aliphatic hydroxyl groups excluding tert-OH is 1. The van der Waals surface area contributed by atoms with E-state index in [2.05, 4.69) is 6.08 Å². The first-order chi connectivity index (χ1) is 8.81. The molecule has 0 aliphatic rings. The van der Waals surface area contributed by atoms with Gasteiger partial charge in [0, 0.05) is 12.3 Å². The summed E-state index contributed by atoms with van der Waals surface area (Å²) in [6.07, 6.45) is 4.60. The zero-order valence-electron chi connectivity index (χ0n) is 12.7.